The molecule has 4 heteroatoms. The number of piperidine rings is 1. The maximum atomic E-state index is 12.9. The molecule has 0 N–H and O–H groups in total. The van der Waals surface area contributed by atoms with Crippen LogP contribution in [0.5, 0.6) is 0 Å². The smallest absolute Gasteiger partial charge is 0.244 e. The second-order valence-corrected chi connectivity index (χ2v) is 5.95. The third-order valence-corrected chi connectivity index (χ3v) is 4.22. The van der Waals surface area contributed by atoms with Crippen molar-refractivity contribution in [2.75, 3.05) is 27.2 Å². The van der Waals surface area contributed by atoms with E-state index in [1.165, 1.54) is 0 Å². The summed E-state index contributed by atoms with van der Waals surface area (Å²) in [6, 6.07) is 10.1. The number of amides is 1. The fraction of sp³-hybridized carbons (Fsp3) is 0.529. The maximum Gasteiger partial charge on any atom is 0.244 e. The first-order valence-corrected chi connectivity index (χ1v) is 7.45. The number of rotatable bonds is 3. The van der Waals surface area contributed by atoms with Gasteiger partial charge < -0.3 is 4.90 Å². The number of likely N-dealkylation sites (N-methyl/N-ethyl adjacent to an activating group) is 1. The topological polar surface area (TPSA) is 47.3 Å². The molecular weight excluding hydrogens is 262 g/mol. The zero-order chi connectivity index (χ0) is 15.4. The third-order valence-electron chi connectivity index (χ3n) is 4.22. The number of likely N-dealkylation sites (tertiary alicyclic amines) is 1. The van der Waals surface area contributed by atoms with Crippen LogP contribution in [-0.4, -0.2) is 42.9 Å². The summed E-state index contributed by atoms with van der Waals surface area (Å²) in [7, 11) is 3.88. The number of hydrogen-bond donors (Lipinski definition) is 0. The Morgan fingerprint density at radius 1 is 1.33 bits per heavy atom. The molecule has 1 aromatic rings. The van der Waals surface area contributed by atoms with Crippen molar-refractivity contribution in [1.82, 2.24) is 9.80 Å². The highest BCUT2D eigenvalue weighted by Crippen LogP contribution is 2.26. The molecule has 1 aromatic carbocycles. The summed E-state index contributed by atoms with van der Waals surface area (Å²) in [6.07, 6.45) is 1.58. The zero-order valence-electron chi connectivity index (χ0n) is 13.0. The highest BCUT2D eigenvalue weighted by atomic mass is 16.2. The number of hydrogen-bond acceptors (Lipinski definition) is 3. The van der Waals surface area contributed by atoms with Crippen LogP contribution in [0.3, 0.4) is 0 Å². The van der Waals surface area contributed by atoms with Gasteiger partial charge in [-0.25, -0.2) is 0 Å². The Labute approximate surface area is 127 Å². The van der Waals surface area contributed by atoms with Crippen molar-refractivity contribution in [1.29, 1.82) is 5.26 Å². The van der Waals surface area contributed by atoms with E-state index < -0.39 is 0 Å². The van der Waals surface area contributed by atoms with E-state index >= 15 is 0 Å². The predicted octanol–water partition coefficient (Wildman–Crippen LogP) is 2.36. The third kappa shape index (κ3) is 3.43. The van der Waals surface area contributed by atoms with Crippen LogP contribution >= 0.6 is 0 Å². The van der Waals surface area contributed by atoms with Crippen LogP contribution in [0.15, 0.2) is 24.3 Å². The van der Waals surface area contributed by atoms with E-state index in [1.54, 1.807) is 0 Å². The molecule has 1 saturated heterocycles. The zero-order valence-corrected chi connectivity index (χ0v) is 13.0. The first kappa shape index (κ1) is 15.5. The fourth-order valence-electron chi connectivity index (χ4n) is 2.93. The van der Waals surface area contributed by atoms with Gasteiger partial charge in [-0.2, -0.15) is 5.26 Å². The molecule has 4 nitrogen and oxygen atoms in total. The summed E-state index contributed by atoms with van der Waals surface area (Å²) in [5.74, 6) is 0.246. The first-order valence-electron chi connectivity index (χ1n) is 7.45. The monoisotopic (exact) mass is 285 g/mol. The van der Waals surface area contributed by atoms with Crippen LogP contribution < -0.4 is 0 Å². The van der Waals surface area contributed by atoms with Crippen LogP contribution in [0.25, 0.3) is 0 Å². The lowest BCUT2D eigenvalue weighted by atomic mass is 9.95. The molecule has 1 atom stereocenters. The number of carbonyl (C=O) groups excluding carboxylic acids is 1. The van der Waals surface area contributed by atoms with E-state index in [9.17, 15) is 4.79 Å². The van der Waals surface area contributed by atoms with Gasteiger partial charge in [0.25, 0.3) is 0 Å². The Morgan fingerprint density at radius 2 is 1.95 bits per heavy atom. The van der Waals surface area contributed by atoms with Crippen molar-refractivity contribution in [2.45, 2.75) is 25.8 Å². The Morgan fingerprint density at radius 3 is 2.48 bits per heavy atom. The van der Waals surface area contributed by atoms with Gasteiger partial charge >= 0.3 is 0 Å². The van der Waals surface area contributed by atoms with Gasteiger partial charge in [0.2, 0.25) is 5.91 Å². The van der Waals surface area contributed by atoms with E-state index in [2.05, 4.69) is 6.07 Å². The van der Waals surface area contributed by atoms with Crippen molar-refractivity contribution in [3.05, 3.63) is 35.4 Å². The summed E-state index contributed by atoms with van der Waals surface area (Å²) in [5, 5.41) is 8.97. The molecule has 112 valence electrons. The lowest BCUT2D eigenvalue weighted by molar-refractivity contribution is -0.137. The Kier molecular flexibility index (Phi) is 4.98. The quantitative estimate of drug-likeness (QED) is 0.856. The van der Waals surface area contributed by atoms with Crippen molar-refractivity contribution >= 4 is 5.91 Å². The van der Waals surface area contributed by atoms with Crippen molar-refractivity contribution < 1.29 is 4.79 Å². The van der Waals surface area contributed by atoms with Crippen molar-refractivity contribution in [3.63, 3.8) is 0 Å². The Balaban J connectivity index is 2.18. The molecule has 1 aliphatic heterocycles. The lowest BCUT2D eigenvalue weighted by Gasteiger charge is -2.35. The second-order valence-electron chi connectivity index (χ2n) is 5.95. The SMILES string of the molecule is Cc1ccccc1[C@H](C(=O)N1CCC(C#N)CC1)N(C)C. The van der Waals surface area contributed by atoms with Crippen LogP contribution in [0.1, 0.15) is 30.0 Å². The predicted molar refractivity (Wildman–Crippen MR) is 82.5 cm³/mol. The average Bonchev–Trinajstić information content (AvgIpc) is 2.49. The second kappa shape index (κ2) is 6.73. The van der Waals surface area contributed by atoms with Gasteiger partial charge in [0.15, 0.2) is 0 Å². The maximum absolute atomic E-state index is 12.9. The number of nitrogens with zero attached hydrogens (tertiary/aromatic N) is 3. The van der Waals surface area contributed by atoms with Gasteiger partial charge in [0, 0.05) is 19.0 Å². The normalized spacial score (nSPS) is 17.6. The molecular formula is C17H23N3O. The number of nitriles is 1. The summed E-state index contributed by atoms with van der Waals surface area (Å²) in [4.78, 5) is 16.8. The molecule has 0 bridgehead atoms. The number of carbonyl (C=O) groups is 1. The van der Waals surface area contributed by atoms with E-state index in [-0.39, 0.29) is 17.9 Å². The van der Waals surface area contributed by atoms with Crippen molar-refractivity contribution in [2.24, 2.45) is 5.92 Å². The molecule has 0 spiro atoms. The van der Waals surface area contributed by atoms with Crippen LogP contribution in [-0.2, 0) is 4.79 Å². The van der Waals surface area contributed by atoms with Crippen LogP contribution in [0, 0.1) is 24.2 Å². The van der Waals surface area contributed by atoms with E-state index in [1.807, 2.05) is 55.1 Å². The molecule has 1 amide bonds. The van der Waals surface area contributed by atoms with Crippen LogP contribution in [0.4, 0.5) is 0 Å². The van der Waals surface area contributed by atoms with Gasteiger partial charge in [-0.1, -0.05) is 24.3 Å². The molecule has 0 unspecified atom stereocenters. The molecule has 1 aliphatic rings. The summed E-state index contributed by atoms with van der Waals surface area (Å²) in [5.41, 5.74) is 2.20. The summed E-state index contributed by atoms with van der Waals surface area (Å²) in [6.45, 7) is 3.42. The average molecular weight is 285 g/mol. The summed E-state index contributed by atoms with van der Waals surface area (Å²) >= 11 is 0. The Bertz CT molecular complexity index is 539. The molecule has 2 rings (SSSR count). The minimum atomic E-state index is -0.246. The highest BCUT2D eigenvalue weighted by Gasteiger charge is 2.31. The van der Waals surface area contributed by atoms with Crippen molar-refractivity contribution in [3.8, 4) is 6.07 Å². The molecule has 1 fully saturated rings. The molecule has 0 radical (unpaired) electrons. The minimum Gasteiger partial charge on any atom is -0.341 e. The standard InChI is InChI=1S/C17H23N3O/c1-13-6-4-5-7-15(13)16(19(2)3)17(21)20-10-8-14(12-18)9-11-20/h4-7,14,16H,8-11H2,1-3H3/t16-/m1/s1. The molecule has 0 aromatic heterocycles. The molecule has 0 aliphatic carbocycles. The lowest BCUT2D eigenvalue weighted by Crippen LogP contribution is -2.44. The number of benzene rings is 1. The molecule has 0 saturated carbocycles. The highest BCUT2D eigenvalue weighted by molar-refractivity contribution is 5.83. The van der Waals surface area contributed by atoms with Gasteiger partial charge in [0.1, 0.15) is 6.04 Å². The van der Waals surface area contributed by atoms with Gasteiger partial charge in [-0.3, -0.25) is 9.69 Å². The Hall–Kier alpha value is -1.86. The minimum absolute atomic E-state index is 0.102. The van der Waals surface area contributed by atoms with Gasteiger partial charge in [-0.15, -0.1) is 0 Å². The van der Waals surface area contributed by atoms with Gasteiger partial charge in [0.05, 0.1) is 6.07 Å². The largest absolute Gasteiger partial charge is 0.341 e. The van der Waals surface area contributed by atoms with E-state index in [0.717, 1.165) is 24.0 Å². The van der Waals surface area contributed by atoms with E-state index in [0.29, 0.717) is 13.1 Å². The van der Waals surface area contributed by atoms with Crippen LogP contribution in [0.2, 0.25) is 0 Å². The first-order chi connectivity index (χ1) is 10.0. The summed E-state index contributed by atoms with van der Waals surface area (Å²) < 4.78 is 0. The van der Waals surface area contributed by atoms with Gasteiger partial charge in [-0.05, 0) is 45.0 Å². The molecule has 1 heterocycles. The fourth-order valence-corrected chi connectivity index (χ4v) is 2.93. The molecule has 21 heavy (non-hydrogen) atoms. The van der Waals surface area contributed by atoms with E-state index in [4.69, 9.17) is 5.26 Å². The number of aryl methyl sites for hydroxylation is 1.